The van der Waals surface area contributed by atoms with E-state index in [9.17, 15) is 18.4 Å². The lowest BCUT2D eigenvalue weighted by Crippen LogP contribution is -2.21. The Bertz CT molecular complexity index is 1170. The van der Waals surface area contributed by atoms with Crippen molar-refractivity contribution in [3.8, 4) is 17.4 Å². The molecule has 3 aromatic rings. The number of ether oxygens (including phenoxy) is 1. The summed E-state index contributed by atoms with van der Waals surface area (Å²) in [6.45, 7) is -0.520. The van der Waals surface area contributed by atoms with Gasteiger partial charge in [0.05, 0.1) is 28.8 Å². The zero-order valence-electron chi connectivity index (χ0n) is 15.8. The van der Waals surface area contributed by atoms with E-state index in [0.29, 0.717) is 5.69 Å². The van der Waals surface area contributed by atoms with Gasteiger partial charge in [-0.15, -0.1) is 0 Å². The van der Waals surface area contributed by atoms with Crippen molar-refractivity contribution < 1.29 is 27.5 Å². The van der Waals surface area contributed by atoms with Crippen LogP contribution in [0.3, 0.4) is 0 Å². The first-order valence-corrected chi connectivity index (χ1v) is 9.29. The Morgan fingerprint density at radius 2 is 2.03 bits per heavy atom. The van der Waals surface area contributed by atoms with Crippen LogP contribution >= 0.6 is 11.6 Å². The maximum absolute atomic E-state index is 13.8. The Balaban J connectivity index is 1.46. The van der Waals surface area contributed by atoms with Crippen LogP contribution in [-0.4, -0.2) is 23.5 Å². The average Bonchev–Trinajstić information content (AvgIpc) is 3.19. The van der Waals surface area contributed by atoms with Crippen LogP contribution in [0.25, 0.3) is 11.3 Å². The lowest BCUT2D eigenvalue weighted by Gasteiger charge is -2.07. The summed E-state index contributed by atoms with van der Waals surface area (Å²) in [6, 6.07) is 9.30. The van der Waals surface area contributed by atoms with Crippen LogP contribution in [0.15, 0.2) is 47.0 Å². The fourth-order valence-corrected chi connectivity index (χ4v) is 2.77. The smallest absolute Gasteiger partial charge is 0.306 e. The molecule has 0 aliphatic carbocycles. The number of anilines is 1. The van der Waals surface area contributed by atoms with Crippen LogP contribution in [0.5, 0.6) is 0 Å². The van der Waals surface area contributed by atoms with Gasteiger partial charge in [0.15, 0.2) is 18.3 Å². The van der Waals surface area contributed by atoms with Gasteiger partial charge in [-0.25, -0.2) is 13.8 Å². The predicted molar refractivity (Wildman–Crippen MR) is 106 cm³/mol. The first-order valence-electron chi connectivity index (χ1n) is 8.91. The van der Waals surface area contributed by atoms with Crippen molar-refractivity contribution in [1.29, 1.82) is 5.26 Å². The fraction of sp³-hybridized carbons (Fsp3) is 0.143. The van der Waals surface area contributed by atoms with Crippen LogP contribution in [0.1, 0.15) is 17.9 Å². The summed E-state index contributed by atoms with van der Waals surface area (Å²) in [5, 5.41) is 11.5. The molecule has 0 bridgehead atoms. The molecule has 2 aromatic carbocycles. The topological polar surface area (TPSA) is 105 Å². The van der Waals surface area contributed by atoms with Crippen LogP contribution in [0, 0.1) is 23.0 Å². The summed E-state index contributed by atoms with van der Waals surface area (Å²) >= 11 is 5.88. The summed E-state index contributed by atoms with van der Waals surface area (Å²) in [6.07, 6.45) is 1.21. The number of nitrogens with zero attached hydrogens (tertiary/aromatic N) is 2. The average molecular weight is 446 g/mol. The van der Waals surface area contributed by atoms with Crippen molar-refractivity contribution in [3.63, 3.8) is 0 Å². The number of halogens is 3. The number of nitriles is 1. The normalized spacial score (nSPS) is 10.4. The molecule has 3 rings (SSSR count). The highest BCUT2D eigenvalue weighted by atomic mass is 35.5. The molecule has 0 saturated heterocycles. The molecule has 0 unspecified atom stereocenters. The molecule has 0 aliphatic heterocycles. The summed E-state index contributed by atoms with van der Waals surface area (Å²) in [7, 11) is 0. The molecule has 31 heavy (non-hydrogen) atoms. The summed E-state index contributed by atoms with van der Waals surface area (Å²) < 4.78 is 37.1. The second-order valence-corrected chi connectivity index (χ2v) is 6.66. The molecule has 1 aromatic heterocycles. The third kappa shape index (κ3) is 5.87. The van der Waals surface area contributed by atoms with Gasteiger partial charge in [-0.2, -0.15) is 5.26 Å². The maximum Gasteiger partial charge on any atom is 0.306 e. The molecule has 0 radical (unpaired) electrons. The lowest BCUT2D eigenvalue weighted by molar-refractivity contribution is -0.147. The molecule has 7 nitrogen and oxygen atoms in total. The highest BCUT2D eigenvalue weighted by Gasteiger charge is 2.14. The highest BCUT2D eigenvalue weighted by molar-refractivity contribution is 6.32. The molecule has 1 heterocycles. The van der Waals surface area contributed by atoms with Crippen LogP contribution in [-0.2, 0) is 20.7 Å². The molecule has 0 atom stereocenters. The number of aromatic nitrogens is 1. The largest absolute Gasteiger partial charge is 0.456 e. The SMILES string of the molecule is N#Cc1ccc(NC(=O)COC(=O)CCc2ncc(-c3ccc(F)cc3F)o2)cc1Cl. The van der Waals surface area contributed by atoms with Gasteiger partial charge in [0.25, 0.3) is 5.91 Å². The van der Waals surface area contributed by atoms with E-state index in [4.69, 9.17) is 26.0 Å². The van der Waals surface area contributed by atoms with E-state index in [2.05, 4.69) is 10.3 Å². The number of esters is 1. The molecule has 0 fully saturated rings. The number of hydrogen-bond donors (Lipinski definition) is 1. The number of amides is 1. The molecule has 0 saturated carbocycles. The van der Waals surface area contributed by atoms with Gasteiger partial charge < -0.3 is 14.5 Å². The minimum atomic E-state index is -0.795. The monoisotopic (exact) mass is 445 g/mol. The number of aryl methyl sites for hydroxylation is 1. The Morgan fingerprint density at radius 3 is 2.74 bits per heavy atom. The Kier molecular flexibility index (Phi) is 6.95. The number of carbonyl (C=O) groups excluding carboxylic acids is 2. The number of nitrogens with one attached hydrogen (secondary N) is 1. The van der Waals surface area contributed by atoms with Crippen molar-refractivity contribution >= 4 is 29.2 Å². The van der Waals surface area contributed by atoms with Gasteiger partial charge in [-0.1, -0.05) is 11.6 Å². The van der Waals surface area contributed by atoms with Crippen molar-refractivity contribution in [3.05, 3.63) is 70.7 Å². The van der Waals surface area contributed by atoms with E-state index in [0.717, 1.165) is 12.1 Å². The molecule has 10 heteroatoms. The fourth-order valence-electron chi connectivity index (χ4n) is 2.55. The quantitative estimate of drug-likeness (QED) is 0.545. The lowest BCUT2D eigenvalue weighted by atomic mass is 10.2. The van der Waals surface area contributed by atoms with E-state index < -0.39 is 30.1 Å². The minimum Gasteiger partial charge on any atom is -0.456 e. The third-order valence-electron chi connectivity index (χ3n) is 4.03. The van der Waals surface area contributed by atoms with Crippen molar-refractivity contribution in [2.45, 2.75) is 12.8 Å². The van der Waals surface area contributed by atoms with E-state index in [1.807, 2.05) is 6.07 Å². The zero-order valence-corrected chi connectivity index (χ0v) is 16.6. The molecular formula is C21H14ClF2N3O4. The number of oxazole rings is 1. The highest BCUT2D eigenvalue weighted by Crippen LogP contribution is 2.24. The summed E-state index contributed by atoms with van der Waals surface area (Å²) in [5.74, 6) is -2.50. The number of carbonyl (C=O) groups is 2. The molecule has 0 spiro atoms. The van der Waals surface area contributed by atoms with E-state index in [1.54, 1.807) is 0 Å². The Labute approximate surface area is 180 Å². The molecule has 158 valence electrons. The predicted octanol–water partition coefficient (Wildman–Crippen LogP) is 4.26. The zero-order chi connectivity index (χ0) is 22.4. The number of hydrogen-bond acceptors (Lipinski definition) is 6. The van der Waals surface area contributed by atoms with Crippen LogP contribution in [0.4, 0.5) is 14.5 Å². The van der Waals surface area contributed by atoms with E-state index in [1.165, 1.54) is 30.5 Å². The van der Waals surface area contributed by atoms with Gasteiger partial charge >= 0.3 is 5.97 Å². The Morgan fingerprint density at radius 1 is 1.23 bits per heavy atom. The second kappa shape index (κ2) is 9.82. The van der Waals surface area contributed by atoms with Gasteiger partial charge in [0.2, 0.25) is 0 Å². The standard InChI is InChI=1S/C21H14ClF2N3O4/c22-16-8-14(3-1-12(16)9-25)27-19(28)11-30-21(29)6-5-20-26-10-18(31-20)15-4-2-13(23)7-17(15)24/h1-4,7-8,10H,5-6,11H2,(H,27,28). The molecule has 0 aliphatic rings. The number of benzene rings is 2. The Hall–Kier alpha value is -3.77. The maximum atomic E-state index is 13.8. The van der Waals surface area contributed by atoms with E-state index >= 15 is 0 Å². The first kappa shape index (κ1) is 21.9. The van der Waals surface area contributed by atoms with Crippen LogP contribution < -0.4 is 5.32 Å². The van der Waals surface area contributed by atoms with Gasteiger partial charge in [0.1, 0.15) is 17.7 Å². The summed E-state index contributed by atoms with van der Waals surface area (Å²) in [5.41, 5.74) is 0.663. The van der Waals surface area contributed by atoms with Crippen molar-refractivity contribution in [2.75, 3.05) is 11.9 Å². The third-order valence-corrected chi connectivity index (χ3v) is 4.34. The van der Waals surface area contributed by atoms with Crippen LogP contribution in [0.2, 0.25) is 5.02 Å². The van der Waals surface area contributed by atoms with Gasteiger partial charge in [0, 0.05) is 18.2 Å². The van der Waals surface area contributed by atoms with Crippen molar-refractivity contribution in [2.24, 2.45) is 0 Å². The van der Waals surface area contributed by atoms with Gasteiger partial charge in [-0.3, -0.25) is 9.59 Å². The molecule has 1 N–H and O–H groups in total. The molecular weight excluding hydrogens is 432 g/mol. The minimum absolute atomic E-state index is 0.0438. The van der Waals surface area contributed by atoms with E-state index in [-0.39, 0.29) is 40.6 Å². The second-order valence-electron chi connectivity index (χ2n) is 6.26. The number of rotatable bonds is 7. The molecule has 1 amide bonds. The first-order chi connectivity index (χ1) is 14.9. The summed E-state index contributed by atoms with van der Waals surface area (Å²) in [4.78, 5) is 27.7. The van der Waals surface area contributed by atoms with Crippen molar-refractivity contribution in [1.82, 2.24) is 4.98 Å². The van der Waals surface area contributed by atoms with Gasteiger partial charge in [-0.05, 0) is 30.3 Å².